The maximum absolute atomic E-state index is 12.9. The van der Waals surface area contributed by atoms with Crippen LogP contribution in [0.25, 0.3) is 0 Å². The van der Waals surface area contributed by atoms with Crippen LogP contribution in [0.2, 0.25) is 5.02 Å². The third-order valence-corrected chi connectivity index (χ3v) is 8.06. The second-order valence-corrected chi connectivity index (χ2v) is 10.4. The van der Waals surface area contributed by atoms with E-state index >= 15 is 0 Å². The molecular weight excluding hydrogens is 422 g/mol. The van der Waals surface area contributed by atoms with E-state index in [1.165, 1.54) is 22.0 Å². The Labute approximate surface area is 183 Å². The average Bonchev–Trinajstić information content (AvgIpc) is 3.09. The van der Waals surface area contributed by atoms with Crippen LogP contribution in [0.4, 0.5) is 4.79 Å². The highest BCUT2D eigenvalue weighted by atomic mass is 35.5. The molecule has 0 saturated carbocycles. The normalized spacial score (nSPS) is 18.9. The van der Waals surface area contributed by atoms with Gasteiger partial charge in [0.25, 0.3) is 0 Å². The quantitative estimate of drug-likeness (QED) is 0.701. The zero-order valence-electron chi connectivity index (χ0n) is 17.0. The molecule has 2 amide bonds. The van der Waals surface area contributed by atoms with Crippen molar-refractivity contribution in [1.29, 1.82) is 0 Å². The molecule has 2 heterocycles. The first-order chi connectivity index (χ1) is 14.3. The number of amides is 2. The van der Waals surface area contributed by atoms with Crippen LogP contribution in [-0.4, -0.2) is 60.8 Å². The summed E-state index contributed by atoms with van der Waals surface area (Å²) in [6.07, 6.45) is 1.30. The van der Waals surface area contributed by atoms with E-state index in [2.05, 4.69) is 6.07 Å². The number of nitrogens with zero attached hydrogens (tertiary/aromatic N) is 3. The number of benzene rings is 2. The van der Waals surface area contributed by atoms with Crippen LogP contribution in [0, 0.1) is 6.92 Å². The van der Waals surface area contributed by atoms with E-state index in [4.69, 9.17) is 11.6 Å². The van der Waals surface area contributed by atoms with Gasteiger partial charge < -0.3 is 9.80 Å². The first-order valence-corrected chi connectivity index (χ1v) is 12.0. The highest BCUT2D eigenvalue weighted by molar-refractivity contribution is 7.89. The second kappa shape index (κ2) is 8.57. The van der Waals surface area contributed by atoms with Gasteiger partial charge in [-0.05, 0) is 49.6 Å². The number of carbonyl (C=O) groups excluding carboxylic acids is 1. The summed E-state index contributed by atoms with van der Waals surface area (Å²) in [5, 5.41) is 0.510. The van der Waals surface area contributed by atoms with Crippen molar-refractivity contribution in [2.24, 2.45) is 0 Å². The lowest BCUT2D eigenvalue weighted by Gasteiger charge is -2.35. The largest absolute Gasteiger partial charge is 0.320 e. The number of halogens is 1. The number of piperidine rings is 1. The molecule has 30 heavy (non-hydrogen) atoms. The van der Waals surface area contributed by atoms with Gasteiger partial charge in [-0.1, -0.05) is 41.4 Å². The lowest BCUT2D eigenvalue weighted by Crippen LogP contribution is -2.47. The van der Waals surface area contributed by atoms with E-state index in [1.807, 2.05) is 34.9 Å². The van der Waals surface area contributed by atoms with E-state index in [9.17, 15) is 13.2 Å². The SMILES string of the molecule is Cc1cccc(CN2CCN(C3CCN(S(=O)(=O)c4ccc(Cl)cc4)CC3)C2=O)c1. The van der Waals surface area contributed by atoms with E-state index < -0.39 is 10.0 Å². The van der Waals surface area contributed by atoms with Crippen molar-refractivity contribution < 1.29 is 13.2 Å². The minimum Gasteiger partial charge on any atom is -0.320 e. The Kier molecular flexibility index (Phi) is 6.04. The first kappa shape index (κ1) is 21.2. The molecule has 0 N–H and O–H groups in total. The van der Waals surface area contributed by atoms with Crippen LogP contribution < -0.4 is 0 Å². The van der Waals surface area contributed by atoms with Crippen LogP contribution in [0.1, 0.15) is 24.0 Å². The Balaban J connectivity index is 1.36. The Morgan fingerprint density at radius 1 is 1.00 bits per heavy atom. The van der Waals surface area contributed by atoms with Gasteiger partial charge in [0.05, 0.1) is 4.90 Å². The minimum atomic E-state index is -3.53. The fraction of sp³-hybridized carbons (Fsp3) is 0.409. The van der Waals surface area contributed by atoms with Crippen molar-refractivity contribution in [3.63, 3.8) is 0 Å². The van der Waals surface area contributed by atoms with Crippen molar-refractivity contribution in [2.75, 3.05) is 26.2 Å². The van der Waals surface area contributed by atoms with Crippen LogP contribution >= 0.6 is 11.6 Å². The van der Waals surface area contributed by atoms with E-state index in [1.54, 1.807) is 12.1 Å². The lowest BCUT2D eigenvalue weighted by molar-refractivity contribution is 0.153. The van der Waals surface area contributed by atoms with Gasteiger partial charge in [-0.2, -0.15) is 4.31 Å². The predicted octanol–water partition coefficient (Wildman–Crippen LogP) is 3.74. The monoisotopic (exact) mass is 447 g/mol. The maximum Gasteiger partial charge on any atom is 0.320 e. The highest BCUT2D eigenvalue weighted by Gasteiger charge is 2.37. The van der Waals surface area contributed by atoms with Crippen molar-refractivity contribution in [1.82, 2.24) is 14.1 Å². The van der Waals surface area contributed by atoms with E-state index in [0.717, 1.165) is 5.56 Å². The Morgan fingerprint density at radius 2 is 1.70 bits per heavy atom. The van der Waals surface area contributed by atoms with Crippen molar-refractivity contribution >= 4 is 27.7 Å². The van der Waals surface area contributed by atoms with Gasteiger partial charge in [0, 0.05) is 43.8 Å². The number of sulfonamides is 1. The molecule has 0 aliphatic carbocycles. The fourth-order valence-corrected chi connectivity index (χ4v) is 5.86. The summed E-state index contributed by atoms with van der Waals surface area (Å²) in [5.74, 6) is 0. The molecule has 8 heteroatoms. The average molecular weight is 448 g/mol. The summed E-state index contributed by atoms with van der Waals surface area (Å²) < 4.78 is 27.2. The van der Waals surface area contributed by atoms with Gasteiger partial charge in [-0.15, -0.1) is 0 Å². The molecule has 6 nitrogen and oxygen atoms in total. The molecule has 2 aromatic carbocycles. The summed E-state index contributed by atoms with van der Waals surface area (Å²) >= 11 is 5.87. The van der Waals surface area contributed by atoms with E-state index in [0.29, 0.717) is 50.6 Å². The van der Waals surface area contributed by atoms with Gasteiger partial charge in [0.1, 0.15) is 0 Å². The number of hydrogen-bond donors (Lipinski definition) is 0. The Hall–Kier alpha value is -2.09. The molecule has 160 valence electrons. The minimum absolute atomic E-state index is 0.0514. The molecule has 0 atom stereocenters. The molecule has 2 aliphatic heterocycles. The number of urea groups is 1. The van der Waals surface area contributed by atoms with Crippen molar-refractivity contribution in [3.05, 3.63) is 64.7 Å². The van der Waals surface area contributed by atoms with Crippen LogP contribution in [-0.2, 0) is 16.6 Å². The van der Waals surface area contributed by atoms with Crippen molar-refractivity contribution in [2.45, 2.75) is 37.2 Å². The molecule has 0 aromatic heterocycles. The summed E-state index contributed by atoms with van der Waals surface area (Å²) in [7, 11) is -3.53. The van der Waals surface area contributed by atoms with Crippen molar-refractivity contribution in [3.8, 4) is 0 Å². The molecular formula is C22H26ClN3O3S. The van der Waals surface area contributed by atoms with E-state index in [-0.39, 0.29) is 17.0 Å². The third kappa shape index (κ3) is 4.33. The van der Waals surface area contributed by atoms with Gasteiger partial charge >= 0.3 is 6.03 Å². The Morgan fingerprint density at radius 3 is 2.37 bits per heavy atom. The first-order valence-electron chi connectivity index (χ1n) is 10.2. The maximum atomic E-state index is 12.9. The third-order valence-electron chi connectivity index (χ3n) is 5.90. The molecule has 0 unspecified atom stereocenters. The number of carbonyl (C=O) groups is 1. The number of aryl methyl sites for hydroxylation is 1. The highest BCUT2D eigenvalue weighted by Crippen LogP contribution is 2.26. The van der Waals surface area contributed by atoms with Gasteiger partial charge in [-0.25, -0.2) is 13.2 Å². The molecule has 0 radical (unpaired) electrons. The fourth-order valence-electron chi connectivity index (χ4n) is 4.27. The van der Waals surface area contributed by atoms with Crippen LogP contribution in [0.5, 0.6) is 0 Å². The summed E-state index contributed by atoms with van der Waals surface area (Å²) in [6, 6.07) is 14.6. The zero-order chi connectivity index (χ0) is 21.3. The molecule has 2 aromatic rings. The summed E-state index contributed by atoms with van der Waals surface area (Å²) in [5.41, 5.74) is 2.32. The standard InChI is InChI=1S/C22H26ClN3O3S/c1-17-3-2-4-18(15-17)16-24-13-14-26(22(24)27)20-9-11-25(12-10-20)30(28,29)21-7-5-19(23)6-8-21/h2-8,15,20H,9-14,16H2,1H3. The zero-order valence-corrected chi connectivity index (χ0v) is 18.6. The smallest absolute Gasteiger partial charge is 0.320 e. The molecule has 4 rings (SSSR count). The summed E-state index contributed by atoms with van der Waals surface area (Å²) in [6.45, 7) is 4.89. The topological polar surface area (TPSA) is 60.9 Å². The molecule has 0 spiro atoms. The molecule has 2 saturated heterocycles. The summed E-state index contributed by atoms with van der Waals surface area (Å²) in [4.78, 5) is 17.0. The second-order valence-electron chi connectivity index (χ2n) is 7.98. The predicted molar refractivity (Wildman–Crippen MR) is 117 cm³/mol. The molecule has 0 bridgehead atoms. The van der Waals surface area contributed by atoms with Gasteiger partial charge in [-0.3, -0.25) is 0 Å². The van der Waals surface area contributed by atoms with Crippen LogP contribution in [0.3, 0.4) is 0 Å². The molecule has 2 aliphatic rings. The number of hydrogen-bond acceptors (Lipinski definition) is 3. The Bertz CT molecular complexity index is 1020. The molecule has 2 fully saturated rings. The van der Waals surface area contributed by atoms with Gasteiger partial charge in [0.2, 0.25) is 10.0 Å². The van der Waals surface area contributed by atoms with Crippen LogP contribution in [0.15, 0.2) is 53.4 Å². The number of rotatable bonds is 5. The van der Waals surface area contributed by atoms with Gasteiger partial charge in [0.15, 0.2) is 0 Å². The lowest BCUT2D eigenvalue weighted by atomic mass is 10.1.